The zero-order valence-electron chi connectivity index (χ0n) is 12.4. The van der Waals surface area contributed by atoms with Crippen LogP contribution in [0, 0.1) is 5.92 Å². The van der Waals surface area contributed by atoms with Crippen molar-refractivity contribution in [2.45, 2.75) is 33.1 Å². The molecule has 0 spiro atoms. The highest BCUT2D eigenvalue weighted by molar-refractivity contribution is 5.75. The van der Waals surface area contributed by atoms with Gasteiger partial charge in [-0.05, 0) is 24.5 Å². The Bertz CT molecular complexity index is 566. The summed E-state index contributed by atoms with van der Waals surface area (Å²) in [6.07, 6.45) is 5.14. The minimum atomic E-state index is 0.0109. The van der Waals surface area contributed by atoms with E-state index >= 15 is 0 Å². The standard InChI is InChI=1S/C15H20N4O2/c1-11(2)7-9-17-13(20)5-6-14-18-15(19-21-14)12-4-3-8-16-10-12/h3-4,8,10-11H,5-7,9H2,1-2H3,(H,17,20). The van der Waals surface area contributed by atoms with Gasteiger partial charge in [0, 0.05) is 37.3 Å². The molecule has 0 radical (unpaired) electrons. The molecule has 0 aliphatic rings. The molecule has 0 bridgehead atoms. The molecular formula is C15H20N4O2. The van der Waals surface area contributed by atoms with E-state index in [0.29, 0.717) is 37.0 Å². The highest BCUT2D eigenvalue weighted by Gasteiger charge is 2.10. The van der Waals surface area contributed by atoms with Gasteiger partial charge in [0.1, 0.15) is 0 Å². The van der Waals surface area contributed by atoms with Crippen molar-refractivity contribution < 1.29 is 9.32 Å². The fraction of sp³-hybridized carbons (Fsp3) is 0.467. The van der Waals surface area contributed by atoms with E-state index in [-0.39, 0.29) is 5.91 Å². The number of nitrogens with one attached hydrogen (secondary N) is 1. The van der Waals surface area contributed by atoms with Gasteiger partial charge < -0.3 is 9.84 Å². The molecule has 0 fully saturated rings. The summed E-state index contributed by atoms with van der Waals surface area (Å²) in [5.74, 6) is 1.56. The molecule has 1 N–H and O–H groups in total. The summed E-state index contributed by atoms with van der Waals surface area (Å²) in [4.78, 5) is 19.9. The molecular weight excluding hydrogens is 268 g/mol. The molecule has 0 aromatic carbocycles. The fourth-order valence-corrected chi connectivity index (χ4v) is 1.78. The monoisotopic (exact) mass is 288 g/mol. The molecule has 0 aliphatic carbocycles. The summed E-state index contributed by atoms with van der Waals surface area (Å²) in [5, 5.41) is 6.78. The van der Waals surface area contributed by atoms with Gasteiger partial charge >= 0.3 is 0 Å². The Balaban J connectivity index is 1.79. The van der Waals surface area contributed by atoms with Crippen molar-refractivity contribution in [2.24, 2.45) is 5.92 Å². The second-order valence-electron chi connectivity index (χ2n) is 5.29. The maximum atomic E-state index is 11.7. The summed E-state index contributed by atoms with van der Waals surface area (Å²) < 4.78 is 5.14. The van der Waals surface area contributed by atoms with Gasteiger partial charge in [0.05, 0.1) is 0 Å². The van der Waals surface area contributed by atoms with E-state index in [1.807, 2.05) is 12.1 Å². The maximum absolute atomic E-state index is 11.7. The third-order valence-electron chi connectivity index (χ3n) is 3.00. The van der Waals surface area contributed by atoms with E-state index in [1.165, 1.54) is 0 Å². The molecule has 1 amide bonds. The zero-order chi connectivity index (χ0) is 15.1. The molecule has 2 aromatic heterocycles. The molecule has 6 heteroatoms. The van der Waals surface area contributed by atoms with E-state index in [1.54, 1.807) is 12.4 Å². The first kappa shape index (κ1) is 15.2. The number of aromatic nitrogens is 3. The van der Waals surface area contributed by atoms with Crippen molar-refractivity contribution in [3.63, 3.8) is 0 Å². The molecule has 0 saturated carbocycles. The van der Waals surface area contributed by atoms with Crippen LogP contribution in [-0.4, -0.2) is 27.6 Å². The first-order valence-corrected chi connectivity index (χ1v) is 7.15. The average molecular weight is 288 g/mol. The summed E-state index contributed by atoms with van der Waals surface area (Å²) in [5.41, 5.74) is 0.800. The SMILES string of the molecule is CC(C)CCNC(=O)CCc1nc(-c2cccnc2)no1. The largest absolute Gasteiger partial charge is 0.356 e. The van der Waals surface area contributed by atoms with Gasteiger partial charge in [-0.2, -0.15) is 4.98 Å². The molecule has 0 atom stereocenters. The van der Waals surface area contributed by atoms with Crippen molar-refractivity contribution in [2.75, 3.05) is 6.54 Å². The molecule has 2 rings (SSSR count). The maximum Gasteiger partial charge on any atom is 0.227 e. The van der Waals surface area contributed by atoms with E-state index in [2.05, 4.69) is 34.3 Å². The van der Waals surface area contributed by atoms with Gasteiger partial charge in [-0.3, -0.25) is 9.78 Å². The quantitative estimate of drug-likeness (QED) is 0.845. The molecule has 2 aromatic rings. The first-order chi connectivity index (χ1) is 10.1. The Morgan fingerprint density at radius 2 is 2.29 bits per heavy atom. The lowest BCUT2D eigenvalue weighted by Gasteiger charge is -2.05. The second-order valence-corrected chi connectivity index (χ2v) is 5.29. The van der Waals surface area contributed by atoms with Crippen LogP contribution in [0.3, 0.4) is 0 Å². The lowest BCUT2D eigenvalue weighted by atomic mass is 10.1. The highest BCUT2D eigenvalue weighted by Crippen LogP contribution is 2.14. The number of aryl methyl sites for hydroxylation is 1. The smallest absolute Gasteiger partial charge is 0.227 e. The van der Waals surface area contributed by atoms with Crippen LogP contribution in [-0.2, 0) is 11.2 Å². The topological polar surface area (TPSA) is 80.9 Å². The summed E-state index contributed by atoms with van der Waals surface area (Å²) in [6.45, 7) is 4.97. The normalized spacial score (nSPS) is 10.8. The lowest BCUT2D eigenvalue weighted by molar-refractivity contribution is -0.121. The zero-order valence-corrected chi connectivity index (χ0v) is 12.4. The minimum absolute atomic E-state index is 0.0109. The third kappa shape index (κ3) is 4.98. The van der Waals surface area contributed by atoms with Gasteiger partial charge in [-0.25, -0.2) is 0 Å². The Hall–Kier alpha value is -2.24. The summed E-state index contributed by atoms with van der Waals surface area (Å²) in [7, 11) is 0. The van der Waals surface area contributed by atoms with Crippen LogP contribution >= 0.6 is 0 Å². The van der Waals surface area contributed by atoms with Crippen LogP contribution in [0.2, 0.25) is 0 Å². The lowest BCUT2D eigenvalue weighted by Crippen LogP contribution is -2.25. The van der Waals surface area contributed by atoms with Crippen LogP contribution in [0.5, 0.6) is 0 Å². The number of nitrogens with zero attached hydrogens (tertiary/aromatic N) is 3. The van der Waals surface area contributed by atoms with Crippen LogP contribution in [0.15, 0.2) is 29.0 Å². The van der Waals surface area contributed by atoms with Gasteiger partial charge in [0.15, 0.2) is 0 Å². The Morgan fingerprint density at radius 3 is 3.00 bits per heavy atom. The third-order valence-corrected chi connectivity index (χ3v) is 3.00. The number of rotatable bonds is 7. The Labute approximate surface area is 124 Å². The molecule has 0 saturated heterocycles. The van der Waals surface area contributed by atoms with Gasteiger partial charge in [0.2, 0.25) is 17.6 Å². The van der Waals surface area contributed by atoms with Crippen LogP contribution < -0.4 is 5.32 Å². The molecule has 21 heavy (non-hydrogen) atoms. The summed E-state index contributed by atoms with van der Waals surface area (Å²) in [6, 6.07) is 3.67. The van der Waals surface area contributed by atoms with Crippen molar-refractivity contribution in [3.05, 3.63) is 30.4 Å². The van der Waals surface area contributed by atoms with Crippen molar-refractivity contribution >= 4 is 5.91 Å². The minimum Gasteiger partial charge on any atom is -0.356 e. The number of carbonyl (C=O) groups excluding carboxylic acids is 1. The van der Waals surface area contributed by atoms with E-state index in [9.17, 15) is 4.79 Å². The predicted molar refractivity (Wildman–Crippen MR) is 78.3 cm³/mol. The first-order valence-electron chi connectivity index (χ1n) is 7.15. The second kappa shape index (κ2) is 7.52. The number of amides is 1. The number of hydrogen-bond acceptors (Lipinski definition) is 5. The highest BCUT2D eigenvalue weighted by atomic mass is 16.5. The number of carbonyl (C=O) groups is 1. The fourth-order valence-electron chi connectivity index (χ4n) is 1.78. The van der Waals surface area contributed by atoms with Crippen LogP contribution in [0.25, 0.3) is 11.4 Å². The Kier molecular flexibility index (Phi) is 5.43. The van der Waals surface area contributed by atoms with Crippen molar-refractivity contribution in [1.82, 2.24) is 20.4 Å². The van der Waals surface area contributed by atoms with Gasteiger partial charge in [-0.1, -0.05) is 19.0 Å². The Morgan fingerprint density at radius 1 is 1.43 bits per heavy atom. The van der Waals surface area contributed by atoms with Crippen molar-refractivity contribution in [1.29, 1.82) is 0 Å². The molecule has 6 nitrogen and oxygen atoms in total. The predicted octanol–water partition coefficient (Wildman–Crippen LogP) is 2.23. The van der Waals surface area contributed by atoms with Crippen molar-refractivity contribution in [3.8, 4) is 11.4 Å². The number of pyridine rings is 1. The van der Waals surface area contributed by atoms with Crippen LogP contribution in [0.4, 0.5) is 0 Å². The van der Waals surface area contributed by atoms with E-state index in [0.717, 1.165) is 12.0 Å². The average Bonchev–Trinajstić information content (AvgIpc) is 2.94. The number of hydrogen-bond donors (Lipinski definition) is 1. The summed E-state index contributed by atoms with van der Waals surface area (Å²) >= 11 is 0. The van der Waals surface area contributed by atoms with Gasteiger partial charge in [-0.15, -0.1) is 0 Å². The van der Waals surface area contributed by atoms with Gasteiger partial charge in [0.25, 0.3) is 0 Å². The van der Waals surface area contributed by atoms with E-state index < -0.39 is 0 Å². The molecule has 0 unspecified atom stereocenters. The van der Waals surface area contributed by atoms with E-state index in [4.69, 9.17) is 4.52 Å². The molecule has 2 heterocycles. The van der Waals surface area contributed by atoms with Crippen LogP contribution in [0.1, 0.15) is 32.6 Å². The molecule has 0 aliphatic heterocycles. The molecule has 112 valence electrons.